The van der Waals surface area contributed by atoms with Crippen LogP contribution in [0.2, 0.25) is 0 Å². The number of carboxylic acids is 1. The molecule has 0 unspecified atom stereocenters. The Morgan fingerprint density at radius 1 is 0.630 bits per heavy atom. The first-order chi connectivity index (χ1) is 39.0. The van der Waals surface area contributed by atoms with E-state index in [0.29, 0.717) is 70.0 Å². The number of amides is 3. The lowest BCUT2D eigenvalue weighted by Crippen LogP contribution is -2.51. The molecule has 0 saturated heterocycles. The zero-order valence-corrected chi connectivity index (χ0v) is 47.0. The predicted molar refractivity (Wildman–Crippen MR) is 301 cm³/mol. The number of hydrogen-bond acceptors (Lipinski definition) is 13. The summed E-state index contributed by atoms with van der Waals surface area (Å²) in [6.07, 6.45) is 10.4. The van der Waals surface area contributed by atoms with Crippen molar-refractivity contribution in [2.45, 2.75) is 155 Å². The second-order valence-corrected chi connectivity index (χ2v) is 22.1. The first kappa shape index (κ1) is 59.2. The molecule has 2 saturated carbocycles. The van der Waals surface area contributed by atoms with E-state index in [0.717, 1.165) is 88.2 Å². The number of carbonyl (C=O) groups excluding carboxylic acids is 3. The maximum atomic E-state index is 14.2. The van der Waals surface area contributed by atoms with Crippen LogP contribution < -0.4 is 11.1 Å². The molecule has 2 aliphatic carbocycles. The molecule has 6 aromatic rings. The number of aromatic carboxylic acids is 1. The van der Waals surface area contributed by atoms with Crippen LogP contribution in [0.25, 0.3) is 0 Å². The first-order valence-corrected chi connectivity index (χ1v) is 28.2. The van der Waals surface area contributed by atoms with Crippen LogP contribution in [-0.4, -0.2) is 103 Å². The highest BCUT2D eigenvalue weighted by Gasteiger charge is 2.53. The number of carbonyl (C=O) groups is 4. The summed E-state index contributed by atoms with van der Waals surface area (Å²) >= 11 is 0. The minimum atomic E-state index is -0.971. The summed E-state index contributed by atoms with van der Waals surface area (Å²) < 4.78 is 27.3. The third-order valence-corrected chi connectivity index (χ3v) is 16.4. The van der Waals surface area contributed by atoms with E-state index < -0.39 is 17.3 Å². The third kappa shape index (κ3) is 13.6. The number of nitrogens with zero attached hydrogens (tertiary/aromatic N) is 10. The Morgan fingerprint density at radius 3 is 1.36 bits per heavy atom. The molecular formula is C60H74F2N14O5. The van der Waals surface area contributed by atoms with Gasteiger partial charge in [0.2, 0.25) is 0 Å². The van der Waals surface area contributed by atoms with Gasteiger partial charge in [-0.1, -0.05) is 89.1 Å². The van der Waals surface area contributed by atoms with Crippen LogP contribution in [-0.2, 0) is 22.7 Å². The van der Waals surface area contributed by atoms with Gasteiger partial charge in [0.1, 0.15) is 34.4 Å². The van der Waals surface area contributed by atoms with Gasteiger partial charge >= 0.3 is 5.97 Å². The Balaban J connectivity index is 0.000000191. The van der Waals surface area contributed by atoms with Gasteiger partial charge in [-0.15, -0.1) is 20.4 Å². The van der Waals surface area contributed by atoms with Gasteiger partial charge in [0, 0.05) is 16.7 Å². The molecule has 2 aliphatic heterocycles. The van der Waals surface area contributed by atoms with Gasteiger partial charge < -0.3 is 26.0 Å². The fourth-order valence-corrected chi connectivity index (χ4v) is 11.9. The maximum Gasteiger partial charge on any atom is 0.335 e. The maximum absolute atomic E-state index is 14.2. The Morgan fingerprint density at radius 2 is 1.02 bits per heavy atom. The molecule has 0 bridgehead atoms. The number of halogens is 2. The van der Waals surface area contributed by atoms with E-state index >= 15 is 0 Å². The average Bonchev–Trinajstić information content (AvgIpc) is 3.94. The summed E-state index contributed by atoms with van der Waals surface area (Å²) in [6.45, 7) is 13.7. The van der Waals surface area contributed by atoms with Crippen LogP contribution >= 0.6 is 0 Å². The fourth-order valence-electron chi connectivity index (χ4n) is 11.9. The highest BCUT2D eigenvalue weighted by atomic mass is 19.1. The number of H-pyrrole nitrogens is 2. The Hall–Kier alpha value is -7.94. The third-order valence-electron chi connectivity index (χ3n) is 16.4. The lowest BCUT2D eigenvalue weighted by Gasteiger charge is -2.46. The molecular weight excluding hydrogens is 1030 g/mol. The number of nitrogens with one attached hydrogen (secondary N) is 3. The molecule has 2 aromatic heterocycles. The zero-order valence-electron chi connectivity index (χ0n) is 47.0. The molecule has 4 aliphatic rings. The summed E-state index contributed by atoms with van der Waals surface area (Å²) in [5, 5.41) is 38.3. The molecule has 81 heavy (non-hydrogen) atoms. The molecule has 6 N–H and O–H groups in total. The number of hydrogen-bond donors (Lipinski definition) is 5. The van der Waals surface area contributed by atoms with Crippen molar-refractivity contribution in [3.63, 3.8) is 0 Å². The molecule has 4 aromatic carbocycles. The van der Waals surface area contributed by atoms with Crippen LogP contribution in [0.3, 0.4) is 0 Å². The van der Waals surface area contributed by atoms with Crippen LogP contribution in [0, 0.1) is 35.3 Å². The number of aromatic amines is 2. The van der Waals surface area contributed by atoms with Crippen LogP contribution in [0.15, 0.2) is 107 Å². The van der Waals surface area contributed by atoms with Crippen LogP contribution in [0.4, 0.5) is 8.78 Å². The van der Waals surface area contributed by atoms with Gasteiger partial charge in [0.05, 0.1) is 30.7 Å². The van der Waals surface area contributed by atoms with E-state index in [9.17, 15) is 33.1 Å². The standard InChI is InChI=1S/C30H36FN7O2.C28H33FN2O3.C2H5N5/c1-4-5-25(21-6-8-23(9-7-21)28(39)32-18-26-34-36-37-35-26)38-29(40)27(22-10-12-24(31)13-11-22)33-30(38)16-14-20(15-17-30)19(2)3;1-4-5-24(20-6-8-22(9-7-20)27(33)34)31-26(32)25(21-10-12-23(29)13-11-21)30-28(31)16-14-19(15-17-28)18(2)3;3-1-2-4-6-7-5-2/h6-13,19-20,25H,4-5,14-18H2,1-3H3,(H,32,39)(H,34,35,36,37);6-13,18-19,24H,4-5,14-17H2,1-3H3,(H,33,34);1,3H2,(H,4,5,6,7)/t20?,25-,30?;19?,24-,28?;/m11./s1. The van der Waals surface area contributed by atoms with E-state index in [1.165, 1.54) is 24.3 Å². The molecule has 21 heteroatoms. The highest BCUT2D eigenvalue weighted by Crippen LogP contribution is 2.50. The molecule has 19 nitrogen and oxygen atoms in total. The van der Waals surface area contributed by atoms with Crippen molar-refractivity contribution in [2.24, 2.45) is 39.4 Å². The Kier molecular flexibility index (Phi) is 19.4. The Bertz CT molecular complexity index is 3100. The molecule has 2 fully saturated rings. The van der Waals surface area contributed by atoms with Gasteiger partial charge in [0.15, 0.2) is 11.6 Å². The number of aromatic nitrogens is 8. The topological polar surface area (TPSA) is 267 Å². The molecule has 0 radical (unpaired) electrons. The van der Waals surface area contributed by atoms with Crippen molar-refractivity contribution in [1.82, 2.24) is 56.4 Å². The normalized spacial score (nSPS) is 21.3. The molecule has 428 valence electrons. The average molecular weight is 1110 g/mol. The summed E-state index contributed by atoms with van der Waals surface area (Å²) in [6, 6.07) is 25.9. The van der Waals surface area contributed by atoms with E-state index in [4.69, 9.17) is 15.7 Å². The lowest BCUT2D eigenvalue weighted by atomic mass is 9.76. The van der Waals surface area contributed by atoms with Crippen molar-refractivity contribution < 1.29 is 33.1 Å². The predicted octanol–water partition coefficient (Wildman–Crippen LogP) is 9.88. The van der Waals surface area contributed by atoms with E-state index in [2.05, 4.69) is 88.1 Å². The summed E-state index contributed by atoms with van der Waals surface area (Å²) in [5.74, 6) is 1.15. The van der Waals surface area contributed by atoms with Gasteiger partial charge in [0.25, 0.3) is 17.7 Å². The SMILES string of the molecule is CCC[C@H](c1ccc(C(=O)NCc2nn[nH]n2)cc1)N1C(=O)C(c2ccc(F)cc2)=NC12CCC(C(C)C)CC2.CCC[C@H](c1ccc(C(=O)O)cc1)N1C(=O)C(c2ccc(F)cc2)=NC12CCC(C(C)C)CC2.NCc1nn[nH]n1. The molecule has 2 spiro atoms. The molecule has 10 rings (SSSR count). The molecule has 2 atom stereocenters. The van der Waals surface area contributed by atoms with Crippen molar-refractivity contribution in [3.8, 4) is 0 Å². The lowest BCUT2D eigenvalue weighted by molar-refractivity contribution is -0.134. The van der Waals surface area contributed by atoms with Gasteiger partial charge in [-0.05, 0) is 172 Å². The quantitative estimate of drug-likeness (QED) is 0.0571. The van der Waals surface area contributed by atoms with Crippen molar-refractivity contribution in [2.75, 3.05) is 0 Å². The number of benzene rings is 4. The van der Waals surface area contributed by atoms with Crippen LogP contribution in [0.5, 0.6) is 0 Å². The number of tetrazole rings is 2. The monoisotopic (exact) mass is 1110 g/mol. The van der Waals surface area contributed by atoms with Gasteiger partial charge in [-0.25, -0.2) is 13.6 Å². The number of rotatable bonds is 17. The summed E-state index contributed by atoms with van der Waals surface area (Å²) in [4.78, 5) is 66.4. The second kappa shape index (κ2) is 26.6. The Labute approximate surface area is 471 Å². The van der Waals surface area contributed by atoms with Crippen LogP contribution in [0.1, 0.15) is 185 Å². The smallest absolute Gasteiger partial charge is 0.335 e. The fraction of sp³-hybridized carbons (Fsp3) is 0.467. The minimum Gasteiger partial charge on any atom is -0.478 e. The number of aliphatic imine (C=N–C) groups is 2. The van der Waals surface area contributed by atoms with Gasteiger partial charge in [-0.2, -0.15) is 10.4 Å². The minimum absolute atomic E-state index is 0.116. The first-order valence-electron chi connectivity index (χ1n) is 28.2. The number of carboxylic acid groups (broad SMARTS) is 1. The largest absolute Gasteiger partial charge is 0.478 e. The zero-order chi connectivity index (χ0) is 57.8. The van der Waals surface area contributed by atoms with E-state index in [-0.39, 0.29) is 53.5 Å². The van der Waals surface area contributed by atoms with Crippen molar-refractivity contribution >= 4 is 35.1 Å². The second-order valence-electron chi connectivity index (χ2n) is 22.1. The van der Waals surface area contributed by atoms with Gasteiger partial charge in [-0.3, -0.25) is 24.4 Å². The molecule has 4 heterocycles. The van der Waals surface area contributed by atoms with Crippen molar-refractivity contribution in [3.05, 3.63) is 154 Å². The molecule has 3 amide bonds. The summed E-state index contributed by atoms with van der Waals surface area (Å²) in [5.41, 5.74) is 8.54. The number of nitrogens with two attached hydrogens (primary N) is 1. The van der Waals surface area contributed by atoms with E-state index in [1.54, 1.807) is 48.5 Å². The highest BCUT2D eigenvalue weighted by molar-refractivity contribution is 6.47. The van der Waals surface area contributed by atoms with Crippen molar-refractivity contribution in [1.29, 1.82) is 0 Å². The summed E-state index contributed by atoms with van der Waals surface area (Å²) in [7, 11) is 0. The van der Waals surface area contributed by atoms with E-state index in [1.807, 2.05) is 34.1 Å².